The summed E-state index contributed by atoms with van der Waals surface area (Å²) in [7, 11) is 0. The Morgan fingerprint density at radius 3 is 1.54 bits per heavy atom. The van der Waals surface area contributed by atoms with Gasteiger partial charge in [0.05, 0.1) is 6.61 Å². The number of ether oxygens (including phenoxy) is 4. The van der Waals surface area contributed by atoms with Gasteiger partial charge in [0, 0.05) is 27.7 Å². The van der Waals surface area contributed by atoms with Gasteiger partial charge in [-0.1, -0.05) is 0 Å². The fraction of sp³-hybridized carbons (Fsp3) is 0.643. The second-order valence-electron chi connectivity index (χ2n) is 5.34. The monoisotopic (exact) mass is 412 g/mol. The van der Waals surface area contributed by atoms with Crippen LogP contribution in [0.2, 0.25) is 0 Å². The predicted molar refractivity (Wildman–Crippen MR) is 80.0 cm³/mol. The van der Waals surface area contributed by atoms with Gasteiger partial charge >= 0.3 is 47.2 Å². The van der Waals surface area contributed by atoms with Crippen LogP contribution in [0.4, 0.5) is 0 Å². The normalized spacial score (nSPS) is 18.3. The first kappa shape index (κ1) is 25.4. The Balaban J connectivity index is 6.97. The van der Waals surface area contributed by atoms with Crippen molar-refractivity contribution in [2.75, 3.05) is 6.61 Å². The van der Waals surface area contributed by atoms with E-state index in [9.17, 15) is 44.4 Å². The van der Waals surface area contributed by atoms with Gasteiger partial charge in [-0.15, -0.1) is 0 Å². The Labute approximate surface area is 157 Å². The van der Waals surface area contributed by atoms with Crippen LogP contribution in [0.25, 0.3) is 0 Å². The van der Waals surface area contributed by atoms with E-state index in [2.05, 4.69) is 18.9 Å². The number of rotatable bonds is 8. The molecule has 0 rings (SSSR count). The summed E-state index contributed by atoms with van der Waals surface area (Å²) in [6.45, 7) is 0.896. The molecule has 0 heterocycles. The molecule has 0 aromatic rings. The molecule has 0 amide bonds. The van der Waals surface area contributed by atoms with Crippen LogP contribution >= 0.6 is 0 Å². The van der Waals surface area contributed by atoms with E-state index in [0.717, 1.165) is 0 Å². The summed E-state index contributed by atoms with van der Waals surface area (Å²) >= 11 is 0. The van der Waals surface area contributed by atoms with E-state index in [1.165, 1.54) is 0 Å². The largest absolute Gasteiger partial charge is 0.423 e. The molecular weight excluding hydrogens is 392 g/mol. The maximum Gasteiger partial charge on any atom is 0.395 e. The van der Waals surface area contributed by atoms with E-state index in [4.69, 9.17) is 5.11 Å². The molecule has 160 valence electrons. The van der Waals surface area contributed by atoms with Crippen LogP contribution in [-0.2, 0) is 42.9 Å². The molecule has 4 atom stereocenters. The van der Waals surface area contributed by atoms with Crippen LogP contribution in [0, 0.1) is 0 Å². The average Bonchev–Trinajstić information content (AvgIpc) is 2.50. The molecule has 14 nitrogen and oxygen atoms in total. The fourth-order valence-corrected chi connectivity index (χ4v) is 1.96. The summed E-state index contributed by atoms with van der Waals surface area (Å²) in [4.78, 5) is 57.3. The molecule has 0 aliphatic carbocycles. The third kappa shape index (κ3) is 4.99. The first-order valence-electron chi connectivity index (χ1n) is 7.35. The summed E-state index contributed by atoms with van der Waals surface area (Å²) in [6, 6.07) is 0. The van der Waals surface area contributed by atoms with Crippen molar-refractivity contribution in [3.63, 3.8) is 0 Å². The molecule has 0 aromatic carbocycles. The number of carbonyl (C=O) groups is 5. The zero-order chi connectivity index (χ0) is 22.5. The Kier molecular flexibility index (Phi) is 8.17. The molecule has 0 saturated heterocycles. The first-order chi connectivity index (χ1) is 12.6. The SMILES string of the molecule is CC(=O)OC(=O)[C@@](O)(OC(C)=O)[C@](O)(OC(C)=O)[C@@](O)(OC(C)=O)[C@H](O)CO. The highest BCUT2D eigenvalue weighted by atomic mass is 16.8. The fourth-order valence-electron chi connectivity index (χ4n) is 1.96. The number of carbonyl (C=O) groups excluding carboxylic acids is 5. The standard InChI is InChI=1S/C14H20O14/c1-6(16)25-11(21)13(23,27-8(3)18)14(24,28-9(4)19)12(22,10(20)5-15)26-7(2)17/h10,15,20,22-24H,5H2,1-4H3/t10-,12+,13-,14-/m1/s1. The molecular formula is C14H20O14. The lowest BCUT2D eigenvalue weighted by molar-refractivity contribution is -0.453. The summed E-state index contributed by atoms with van der Waals surface area (Å²) in [5.41, 5.74) is 0. The summed E-state index contributed by atoms with van der Waals surface area (Å²) in [5.74, 6) is -21.0. The van der Waals surface area contributed by atoms with E-state index >= 15 is 0 Å². The van der Waals surface area contributed by atoms with Crippen LogP contribution in [0.5, 0.6) is 0 Å². The Bertz CT molecular complexity index is 658. The number of hydrogen-bond acceptors (Lipinski definition) is 14. The Hall–Kier alpha value is -2.65. The molecule has 28 heavy (non-hydrogen) atoms. The topological polar surface area (TPSA) is 223 Å². The molecule has 0 saturated carbocycles. The molecule has 0 spiro atoms. The lowest BCUT2D eigenvalue weighted by Crippen LogP contribution is -2.78. The van der Waals surface area contributed by atoms with E-state index in [0.29, 0.717) is 27.7 Å². The third-order valence-electron chi connectivity index (χ3n) is 2.96. The summed E-state index contributed by atoms with van der Waals surface area (Å²) in [6.07, 6.45) is -2.76. The van der Waals surface area contributed by atoms with Gasteiger partial charge in [0.2, 0.25) is 0 Å². The second kappa shape index (κ2) is 9.03. The minimum atomic E-state index is -4.34. The van der Waals surface area contributed by atoms with E-state index in [1.54, 1.807) is 0 Å². The van der Waals surface area contributed by atoms with Crippen molar-refractivity contribution < 1.29 is 68.5 Å². The maximum absolute atomic E-state index is 12.2. The van der Waals surface area contributed by atoms with Crippen LogP contribution in [0.1, 0.15) is 27.7 Å². The maximum atomic E-state index is 12.2. The van der Waals surface area contributed by atoms with E-state index < -0.39 is 59.9 Å². The lowest BCUT2D eigenvalue weighted by Gasteiger charge is -2.47. The zero-order valence-electron chi connectivity index (χ0n) is 15.2. The highest BCUT2D eigenvalue weighted by molar-refractivity contribution is 5.91. The van der Waals surface area contributed by atoms with Crippen molar-refractivity contribution in [1.82, 2.24) is 0 Å². The Morgan fingerprint density at radius 2 is 1.21 bits per heavy atom. The van der Waals surface area contributed by atoms with Gasteiger partial charge in [0.1, 0.15) is 6.10 Å². The van der Waals surface area contributed by atoms with Crippen molar-refractivity contribution in [3.05, 3.63) is 0 Å². The quantitative estimate of drug-likeness (QED) is 0.111. The highest BCUT2D eigenvalue weighted by Gasteiger charge is 2.77. The van der Waals surface area contributed by atoms with Crippen molar-refractivity contribution in [2.24, 2.45) is 0 Å². The average molecular weight is 412 g/mol. The van der Waals surface area contributed by atoms with E-state index in [-0.39, 0.29) is 0 Å². The summed E-state index contributed by atoms with van der Waals surface area (Å²) < 4.78 is 16.8. The van der Waals surface area contributed by atoms with Crippen LogP contribution in [0.3, 0.4) is 0 Å². The lowest BCUT2D eigenvalue weighted by atomic mass is 9.90. The second-order valence-corrected chi connectivity index (χ2v) is 5.34. The molecule has 5 N–H and O–H groups in total. The smallest absolute Gasteiger partial charge is 0.395 e. The van der Waals surface area contributed by atoms with Crippen molar-refractivity contribution >= 4 is 29.8 Å². The molecule has 0 bridgehead atoms. The van der Waals surface area contributed by atoms with Crippen molar-refractivity contribution in [2.45, 2.75) is 51.2 Å². The highest BCUT2D eigenvalue weighted by Crippen LogP contribution is 2.40. The molecule has 0 fully saturated rings. The third-order valence-corrected chi connectivity index (χ3v) is 2.96. The molecule has 0 unspecified atom stereocenters. The predicted octanol–water partition coefficient (Wildman–Crippen LogP) is -3.82. The molecule has 14 heteroatoms. The molecule has 0 aliphatic heterocycles. The number of aliphatic hydroxyl groups is 5. The van der Waals surface area contributed by atoms with Crippen LogP contribution in [-0.4, -0.2) is 85.5 Å². The van der Waals surface area contributed by atoms with Crippen LogP contribution < -0.4 is 0 Å². The zero-order valence-corrected chi connectivity index (χ0v) is 15.2. The van der Waals surface area contributed by atoms with Gasteiger partial charge in [-0.3, -0.25) is 19.2 Å². The number of hydrogen-bond donors (Lipinski definition) is 5. The minimum absolute atomic E-state index is 0.564. The van der Waals surface area contributed by atoms with Gasteiger partial charge < -0.3 is 44.5 Å². The first-order valence-corrected chi connectivity index (χ1v) is 7.35. The minimum Gasteiger partial charge on any atom is -0.423 e. The van der Waals surface area contributed by atoms with Gasteiger partial charge in [-0.25, -0.2) is 4.79 Å². The van der Waals surface area contributed by atoms with Crippen LogP contribution in [0.15, 0.2) is 0 Å². The molecule has 0 radical (unpaired) electrons. The van der Waals surface area contributed by atoms with Crippen molar-refractivity contribution in [1.29, 1.82) is 0 Å². The van der Waals surface area contributed by atoms with Gasteiger partial charge in [0.25, 0.3) is 0 Å². The number of aliphatic hydroxyl groups excluding tert-OH is 2. The van der Waals surface area contributed by atoms with Gasteiger partial charge in [-0.05, 0) is 0 Å². The molecule has 0 aromatic heterocycles. The van der Waals surface area contributed by atoms with E-state index in [1.807, 2.05) is 0 Å². The molecule has 0 aliphatic rings. The summed E-state index contributed by atoms with van der Waals surface area (Å²) in [5, 5.41) is 50.7. The number of esters is 5. The van der Waals surface area contributed by atoms with Crippen molar-refractivity contribution in [3.8, 4) is 0 Å². The van der Waals surface area contributed by atoms with Gasteiger partial charge in [-0.2, -0.15) is 0 Å². The Morgan fingerprint density at radius 1 is 0.786 bits per heavy atom. The van der Waals surface area contributed by atoms with Gasteiger partial charge in [0.15, 0.2) is 0 Å².